The lowest BCUT2D eigenvalue weighted by molar-refractivity contribution is -0.122. The molecule has 3 aromatic rings. The molecule has 3 heterocycles. The molecule has 31 heavy (non-hydrogen) atoms. The molecule has 7 nitrogen and oxygen atoms in total. The number of nitrogens with zero attached hydrogens (tertiary/aromatic N) is 3. The molecule has 1 fully saturated rings. The predicted molar refractivity (Wildman–Crippen MR) is 122 cm³/mol. The zero-order chi connectivity index (χ0) is 22.1. The molecular formula is C23H20N4O3S. The average Bonchev–Trinajstić information content (AvgIpc) is 3.05. The number of amides is 2. The van der Waals surface area contributed by atoms with Gasteiger partial charge >= 0.3 is 0 Å². The van der Waals surface area contributed by atoms with Gasteiger partial charge in [-0.05, 0) is 80.2 Å². The minimum atomic E-state index is -0.520. The molecule has 0 bridgehead atoms. The van der Waals surface area contributed by atoms with Gasteiger partial charge < -0.3 is 9.30 Å². The second kappa shape index (κ2) is 8.16. The van der Waals surface area contributed by atoms with E-state index in [-0.39, 0.29) is 10.7 Å². The number of hydrogen-bond donors (Lipinski definition) is 1. The highest BCUT2D eigenvalue weighted by Gasteiger charge is 2.34. The lowest BCUT2D eigenvalue weighted by Gasteiger charge is -2.29. The molecule has 0 atom stereocenters. The Balaban J connectivity index is 1.74. The van der Waals surface area contributed by atoms with Crippen molar-refractivity contribution in [3.05, 3.63) is 77.4 Å². The molecule has 8 heteroatoms. The number of pyridine rings is 1. The Bertz CT molecular complexity index is 1210. The van der Waals surface area contributed by atoms with Crippen molar-refractivity contribution in [2.24, 2.45) is 0 Å². The molecule has 1 aliphatic rings. The van der Waals surface area contributed by atoms with Gasteiger partial charge in [0.15, 0.2) is 5.11 Å². The fourth-order valence-corrected chi connectivity index (χ4v) is 3.88. The van der Waals surface area contributed by atoms with Gasteiger partial charge in [0, 0.05) is 29.5 Å². The van der Waals surface area contributed by atoms with Crippen LogP contribution in [-0.4, -0.2) is 33.6 Å². The Hall–Kier alpha value is -3.78. The Morgan fingerprint density at radius 3 is 2.35 bits per heavy atom. The third-order valence-corrected chi connectivity index (χ3v) is 5.41. The van der Waals surface area contributed by atoms with Crippen LogP contribution < -0.4 is 15.0 Å². The van der Waals surface area contributed by atoms with Gasteiger partial charge in [0.2, 0.25) is 0 Å². The first-order valence-electron chi connectivity index (χ1n) is 9.55. The summed E-state index contributed by atoms with van der Waals surface area (Å²) in [5.41, 5.74) is 4.16. The van der Waals surface area contributed by atoms with E-state index in [0.29, 0.717) is 11.4 Å². The molecule has 1 aliphatic heterocycles. The summed E-state index contributed by atoms with van der Waals surface area (Å²) in [6.07, 6.45) is 5.05. The van der Waals surface area contributed by atoms with Crippen molar-refractivity contribution < 1.29 is 14.3 Å². The van der Waals surface area contributed by atoms with E-state index in [0.717, 1.165) is 22.6 Å². The molecule has 1 aromatic carbocycles. The summed E-state index contributed by atoms with van der Waals surface area (Å²) in [6.45, 7) is 3.91. The van der Waals surface area contributed by atoms with E-state index >= 15 is 0 Å². The van der Waals surface area contributed by atoms with E-state index in [2.05, 4.69) is 10.3 Å². The summed E-state index contributed by atoms with van der Waals surface area (Å²) in [4.78, 5) is 31.2. The first-order valence-corrected chi connectivity index (χ1v) is 9.96. The van der Waals surface area contributed by atoms with Crippen LogP contribution in [0.5, 0.6) is 5.75 Å². The van der Waals surface area contributed by atoms with Gasteiger partial charge in [0.1, 0.15) is 11.3 Å². The summed E-state index contributed by atoms with van der Waals surface area (Å²) >= 11 is 5.26. The van der Waals surface area contributed by atoms with Crippen LogP contribution in [0.15, 0.2) is 60.4 Å². The van der Waals surface area contributed by atoms with E-state index < -0.39 is 11.8 Å². The molecule has 4 rings (SSSR count). The number of rotatable bonds is 4. The number of methoxy groups -OCH3 is 1. The Morgan fingerprint density at radius 2 is 1.71 bits per heavy atom. The molecule has 2 amide bonds. The minimum Gasteiger partial charge on any atom is -0.497 e. The number of benzene rings is 1. The second-order valence-electron chi connectivity index (χ2n) is 7.02. The van der Waals surface area contributed by atoms with Crippen LogP contribution in [0.1, 0.15) is 17.0 Å². The van der Waals surface area contributed by atoms with Crippen LogP contribution in [0, 0.1) is 13.8 Å². The summed E-state index contributed by atoms with van der Waals surface area (Å²) < 4.78 is 7.21. The molecule has 0 saturated carbocycles. The minimum absolute atomic E-state index is 0.0133. The van der Waals surface area contributed by atoms with Gasteiger partial charge in [-0.1, -0.05) is 0 Å². The summed E-state index contributed by atoms with van der Waals surface area (Å²) in [5, 5.41) is 2.65. The number of thiocarbonyl (C=S) groups is 1. The maximum absolute atomic E-state index is 13.2. The topological polar surface area (TPSA) is 76.5 Å². The van der Waals surface area contributed by atoms with Crippen LogP contribution in [0.4, 0.5) is 5.69 Å². The lowest BCUT2D eigenvalue weighted by Crippen LogP contribution is -2.54. The average molecular weight is 433 g/mol. The van der Waals surface area contributed by atoms with E-state index in [1.54, 1.807) is 49.8 Å². The quantitative estimate of drug-likeness (QED) is 0.389. The van der Waals surface area contributed by atoms with Crippen molar-refractivity contribution in [1.29, 1.82) is 0 Å². The predicted octanol–water partition coefficient (Wildman–Crippen LogP) is 3.33. The van der Waals surface area contributed by atoms with Crippen molar-refractivity contribution in [3.63, 3.8) is 0 Å². The van der Waals surface area contributed by atoms with Gasteiger partial charge in [0.05, 0.1) is 12.8 Å². The first kappa shape index (κ1) is 20.5. The van der Waals surface area contributed by atoms with Crippen LogP contribution in [0.25, 0.3) is 11.8 Å². The standard InChI is InChI=1S/C23H20N4O3S/c1-14-12-16(15(2)26(14)18-8-10-24-11-9-18)13-20-21(28)25-23(31)27(22(20)29)17-4-6-19(30-3)7-5-17/h4-13H,1-3H3,(H,25,28,31)/b20-13+. The number of aryl methyl sites for hydroxylation is 1. The van der Waals surface area contributed by atoms with Crippen LogP contribution >= 0.6 is 12.2 Å². The number of nitrogens with one attached hydrogen (secondary N) is 1. The third kappa shape index (κ3) is 3.73. The molecule has 0 aliphatic carbocycles. The van der Waals surface area contributed by atoms with Gasteiger partial charge in [-0.15, -0.1) is 0 Å². The highest BCUT2D eigenvalue weighted by Crippen LogP contribution is 2.27. The molecular weight excluding hydrogens is 412 g/mol. The number of aromatic nitrogens is 2. The summed E-state index contributed by atoms with van der Waals surface area (Å²) in [6, 6.07) is 12.6. The largest absolute Gasteiger partial charge is 0.497 e. The molecule has 1 saturated heterocycles. The molecule has 156 valence electrons. The highest BCUT2D eigenvalue weighted by molar-refractivity contribution is 7.80. The van der Waals surface area contributed by atoms with Crippen LogP contribution in [0.3, 0.4) is 0 Å². The normalized spacial score (nSPS) is 15.4. The fourth-order valence-electron chi connectivity index (χ4n) is 3.60. The van der Waals surface area contributed by atoms with E-state index in [9.17, 15) is 9.59 Å². The monoisotopic (exact) mass is 432 g/mol. The van der Waals surface area contributed by atoms with Crippen molar-refractivity contribution in [2.75, 3.05) is 12.0 Å². The van der Waals surface area contributed by atoms with E-state index in [1.165, 1.54) is 4.90 Å². The van der Waals surface area contributed by atoms with Gasteiger partial charge in [-0.25, -0.2) is 0 Å². The number of anilines is 1. The Morgan fingerprint density at radius 1 is 1.03 bits per heavy atom. The second-order valence-corrected chi connectivity index (χ2v) is 7.41. The number of ether oxygens (including phenoxy) is 1. The fraction of sp³-hybridized carbons (Fsp3) is 0.130. The maximum atomic E-state index is 13.2. The highest BCUT2D eigenvalue weighted by atomic mass is 32.1. The summed E-state index contributed by atoms with van der Waals surface area (Å²) in [5.74, 6) is -0.344. The maximum Gasteiger partial charge on any atom is 0.270 e. The smallest absolute Gasteiger partial charge is 0.270 e. The third-order valence-electron chi connectivity index (χ3n) is 5.12. The number of carbonyl (C=O) groups is 2. The van der Waals surface area contributed by atoms with E-state index in [1.807, 2.05) is 36.6 Å². The Kier molecular flexibility index (Phi) is 5.39. The van der Waals surface area contributed by atoms with Crippen LogP contribution in [-0.2, 0) is 9.59 Å². The number of hydrogen-bond acceptors (Lipinski definition) is 5. The van der Waals surface area contributed by atoms with Gasteiger partial charge in [0.25, 0.3) is 11.8 Å². The molecule has 0 spiro atoms. The molecule has 1 N–H and O–H groups in total. The van der Waals surface area contributed by atoms with Crippen molar-refractivity contribution >= 4 is 40.9 Å². The lowest BCUT2D eigenvalue weighted by atomic mass is 10.1. The Labute approximate surface area is 185 Å². The first-order chi connectivity index (χ1) is 14.9. The van der Waals surface area contributed by atoms with Gasteiger partial charge in [-0.2, -0.15) is 0 Å². The molecule has 0 radical (unpaired) electrons. The SMILES string of the molecule is COc1ccc(N2C(=O)/C(=C/c3cc(C)n(-c4ccncc4)c3C)C(=O)NC2=S)cc1. The number of carbonyl (C=O) groups excluding carboxylic acids is 2. The summed E-state index contributed by atoms with van der Waals surface area (Å²) in [7, 11) is 1.56. The molecule has 2 aromatic heterocycles. The van der Waals surface area contributed by atoms with E-state index in [4.69, 9.17) is 17.0 Å². The van der Waals surface area contributed by atoms with Crippen molar-refractivity contribution in [1.82, 2.24) is 14.9 Å². The van der Waals surface area contributed by atoms with Gasteiger partial charge in [-0.3, -0.25) is 24.8 Å². The van der Waals surface area contributed by atoms with Crippen molar-refractivity contribution in [2.45, 2.75) is 13.8 Å². The van der Waals surface area contributed by atoms with Crippen molar-refractivity contribution in [3.8, 4) is 11.4 Å². The molecule has 0 unspecified atom stereocenters. The van der Waals surface area contributed by atoms with Crippen LogP contribution in [0.2, 0.25) is 0 Å². The zero-order valence-electron chi connectivity index (χ0n) is 17.2. The zero-order valence-corrected chi connectivity index (χ0v) is 18.1.